The van der Waals surface area contributed by atoms with Gasteiger partial charge in [0.15, 0.2) is 23.9 Å². The standard InChI is InChI=1S/C29H34O16/c1-40-18-10-14(2-8-17(18)33)3-9-21(34)43-26-23(36)19(11-30)44-29(26,13-31)45-28-25(38)24(37)22(35)20(42-28)12-41-27(39)15-4-6-16(32)7-5-15/h2-10,19-20,22-26,28,30-33,35-38H,11-13H2,1H3/b9-3+/t19-,20-,22-,23-,24+,25-,26+,28-,29+/m1/s1. The van der Waals surface area contributed by atoms with Crippen molar-refractivity contribution in [2.75, 3.05) is 26.9 Å². The first-order valence-electron chi connectivity index (χ1n) is 13.6. The Kier molecular flexibility index (Phi) is 11.0. The van der Waals surface area contributed by atoms with Crippen molar-refractivity contribution in [2.45, 2.75) is 54.8 Å². The number of aliphatic hydroxyl groups excluding tert-OH is 6. The van der Waals surface area contributed by atoms with E-state index in [1.54, 1.807) is 0 Å². The van der Waals surface area contributed by atoms with E-state index in [0.29, 0.717) is 5.56 Å². The Bertz CT molecular complexity index is 1350. The quantitative estimate of drug-likeness (QED) is 0.0994. The predicted molar refractivity (Wildman–Crippen MR) is 148 cm³/mol. The van der Waals surface area contributed by atoms with E-state index in [1.807, 2.05) is 0 Å². The molecule has 246 valence electrons. The average molecular weight is 639 g/mol. The third-order valence-corrected chi connectivity index (χ3v) is 7.20. The second-order valence-electron chi connectivity index (χ2n) is 10.2. The third-order valence-electron chi connectivity index (χ3n) is 7.20. The number of carbonyl (C=O) groups excluding carboxylic acids is 2. The highest BCUT2D eigenvalue weighted by Gasteiger charge is 2.60. The first-order valence-corrected chi connectivity index (χ1v) is 13.6. The largest absolute Gasteiger partial charge is 0.508 e. The van der Waals surface area contributed by atoms with Gasteiger partial charge in [0, 0.05) is 6.08 Å². The van der Waals surface area contributed by atoms with Crippen LogP contribution in [0.25, 0.3) is 6.08 Å². The van der Waals surface area contributed by atoms with Gasteiger partial charge in [-0.1, -0.05) is 6.07 Å². The molecule has 0 amide bonds. The molecule has 16 nitrogen and oxygen atoms in total. The zero-order chi connectivity index (χ0) is 32.9. The third kappa shape index (κ3) is 7.52. The zero-order valence-corrected chi connectivity index (χ0v) is 23.8. The first-order chi connectivity index (χ1) is 21.4. The van der Waals surface area contributed by atoms with Crippen LogP contribution in [-0.2, 0) is 28.5 Å². The number of ether oxygens (including phenoxy) is 6. The monoisotopic (exact) mass is 638 g/mol. The van der Waals surface area contributed by atoms with E-state index in [4.69, 9.17) is 28.4 Å². The molecule has 0 aromatic heterocycles. The maximum absolute atomic E-state index is 12.8. The molecule has 0 radical (unpaired) electrons. The van der Waals surface area contributed by atoms with Crippen LogP contribution in [0.4, 0.5) is 0 Å². The predicted octanol–water partition coefficient (Wildman–Crippen LogP) is -1.85. The van der Waals surface area contributed by atoms with E-state index < -0.39 is 86.6 Å². The molecule has 2 heterocycles. The van der Waals surface area contributed by atoms with Crippen LogP contribution in [0.2, 0.25) is 0 Å². The highest BCUT2D eigenvalue weighted by Crippen LogP contribution is 2.38. The van der Waals surface area contributed by atoms with Crippen LogP contribution in [0.3, 0.4) is 0 Å². The number of phenolic OH excluding ortho intramolecular Hbond substituents is 2. The Hall–Kier alpha value is -3.84. The second-order valence-corrected chi connectivity index (χ2v) is 10.2. The summed E-state index contributed by atoms with van der Waals surface area (Å²) in [6.07, 6.45) is -11.9. The van der Waals surface area contributed by atoms with Crippen LogP contribution < -0.4 is 4.74 Å². The number of aliphatic hydroxyl groups is 6. The highest BCUT2D eigenvalue weighted by molar-refractivity contribution is 5.89. The summed E-state index contributed by atoms with van der Waals surface area (Å²) in [6.45, 7) is -2.58. The summed E-state index contributed by atoms with van der Waals surface area (Å²) in [5.41, 5.74) is 0.475. The van der Waals surface area contributed by atoms with Gasteiger partial charge in [0.25, 0.3) is 0 Å². The molecule has 0 bridgehead atoms. The molecule has 0 unspecified atom stereocenters. The van der Waals surface area contributed by atoms with Gasteiger partial charge in [-0.2, -0.15) is 0 Å². The van der Waals surface area contributed by atoms with Gasteiger partial charge >= 0.3 is 11.9 Å². The Labute approximate surface area is 255 Å². The summed E-state index contributed by atoms with van der Waals surface area (Å²) in [4.78, 5) is 25.1. The summed E-state index contributed by atoms with van der Waals surface area (Å²) < 4.78 is 32.3. The SMILES string of the molecule is COc1cc(/C=C/C(=O)O[C@H]2[C@H](O)[C@@H](CO)O[C@@]2(CO)O[C@H]2O[C@H](COC(=O)c3ccc(O)cc3)[C@@H](O)[C@H](O)[C@H]2O)ccc1O. The molecule has 4 rings (SSSR count). The fourth-order valence-corrected chi connectivity index (χ4v) is 4.73. The molecule has 0 saturated carbocycles. The lowest BCUT2D eigenvalue weighted by molar-refractivity contribution is -0.383. The smallest absolute Gasteiger partial charge is 0.338 e. The van der Waals surface area contributed by atoms with Gasteiger partial charge in [0.2, 0.25) is 5.79 Å². The molecule has 45 heavy (non-hydrogen) atoms. The minimum absolute atomic E-state index is 0.0531. The zero-order valence-electron chi connectivity index (χ0n) is 23.8. The Balaban J connectivity index is 1.49. The van der Waals surface area contributed by atoms with E-state index in [1.165, 1.54) is 55.7 Å². The number of benzene rings is 2. The number of carbonyl (C=O) groups is 2. The summed E-state index contributed by atoms with van der Waals surface area (Å²) >= 11 is 0. The van der Waals surface area contributed by atoms with Crippen LogP contribution >= 0.6 is 0 Å². The number of phenols is 2. The molecular weight excluding hydrogens is 604 g/mol. The molecule has 2 aromatic carbocycles. The first kappa shape index (κ1) is 34.0. The minimum atomic E-state index is -2.46. The van der Waals surface area contributed by atoms with Crippen molar-refractivity contribution < 1.29 is 78.9 Å². The molecule has 2 aliphatic rings. The summed E-state index contributed by atoms with van der Waals surface area (Å²) in [6, 6.07) is 9.29. The molecule has 0 aliphatic carbocycles. The normalized spacial score (nSPS) is 31.5. The Morgan fingerprint density at radius 2 is 1.64 bits per heavy atom. The van der Waals surface area contributed by atoms with Crippen LogP contribution in [0.15, 0.2) is 48.5 Å². The van der Waals surface area contributed by atoms with Crippen molar-refractivity contribution in [1.82, 2.24) is 0 Å². The molecule has 2 fully saturated rings. The van der Waals surface area contributed by atoms with Crippen LogP contribution in [0.1, 0.15) is 15.9 Å². The van der Waals surface area contributed by atoms with E-state index in [0.717, 1.165) is 6.08 Å². The highest BCUT2D eigenvalue weighted by atomic mass is 16.8. The lowest BCUT2D eigenvalue weighted by atomic mass is 9.98. The van der Waals surface area contributed by atoms with Crippen molar-refractivity contribution in [1.29, 1.82) is 0 Å². The fourth-order valence-electron chi connectivity index (χ4n) is 4.73. The van der Waals surface area contributed by atoms with Gasteiger partial charge in [-0.3, -0.25) is 0 Å². The molecule has 0 spiro atoms. The van der Waals surface area contributed by atoms with Gasteiger partial charge in [0.05, 0.1) is 19.3 Å². The van der Waals surface area contributed by atoms with Crippen molar-refractivity contribution >= 4 is 18.0 Å². The molecule has 2 saturated heterocycles. The lowest BCUT2D eigenvalue weighted by Gasteiger charge is -2.43. The number of aromatic hydroxyl groups is 2. The van der Waals surface area contributed by atoms with Gasteiger partial charge < -0.3 is 69.3 Å². The number of rotatable bonds is 11. The average Bonchev–Trinajstić information content (AvgIpc) is 3.30. The minimum Gasteiger partial charge on any atom is -0.508 e. The van der Waals surface area contributed by atoms with Crippen LogP contribution in [-0.4, -0.2) is 135 Å². The number of esters is 2. The molecule has 16 heteroatoms. The van der Waals surface area contributed by atoms with E-state index in [2.05, 4.69) is 0 Å². The van der Waals surface area contributed by atoms with Gasteiger partial charge in [-0.25, -0.2) is 9.59 Å². The molecule has 2 aromatic rings. The maximum Gasteiger partial charge on any atom is 0.338 e. The maximum atomic E-state index is 12.8. The molecular formula is C29H34O16. The number of methoxy groups -OCH3 is 1. The molecule has 2 aliphatic heterocycles. The molecule has 8 N–H and O–H groups in total. The number of hydrogen-bond donors (Lipinski definition) is 8. The van der Waals surface area contributed by atoms with E-state index >= 15 is 0 Å². The van der Waals surface area contributed by atoms with E-state index in [-0.39, 0.29) is 22.8 Å². The number of hydrogen-bond acceptors (Lipinski definition) is 16. The lowest BCUT2D eigenvalue weighted by Crippen LogP contribution is -2.63. The van der Waals surface area contributed by atoms with Gasteiger partial charge in [0.1, 0.15) is 55.6 Å². The van der Waals surface area contributed by atoms with Crippen molar-refractivity contribution in [3.8, 4) is 17.2 Å². The Morgan fingerprint density at radius 1 is 0.933 bits per heavy atom. The van der Waals surface area contributed by atoms with Crippen molar-refractivity contribution in [3.05, 3.63) is 59.7 Å². The van der Waals surface area contributed by atoms with Crippen LogP contribution in [0, 0.1) is 0 Å². The fraction of sp³-hybridized carbons (Fsp3) is 0.448. The Morgan fingerprint density at radius 3 is 2.29 bits per heavy atom. The summed E-state index contributed by atoms with van der Waals surface area (Å²) in [5.74, 6) is -4.47. The molecule has 9 atom stereocenters. The second kappa shape index (κ2) is 14.5. The van der Waals surface area contributed by atoms with E-state index in [9.17, 15) is 50.4 Å². The summed E-state index contributed by atoms with van der Waals surface area (Å²) in [7, 11) is 1.34. The van der Waals surface area contributed by atoms with Crippen LogP contribution in [0.5, 0.6) is 17.2 Å². The topological polar surface area (TPSA) is 251 Å². The van der Waals surface area contributed by atoms with Gasteiger partial charge in [-0.05, 0) is 48.0 Å². The van der Waals surface area contributed by atoms with Gasteiger partial charge in [-0.15, -0.1) is 0 Å². The van der Waals surface area contributed by atoms with Crippen molar-refractivity contribution in [2.24, 2.45) is 0 Å². The summed E-state index contributed by atoms with van der Waals surface area (Å²) in [5, 5.41) is 81.5. The van der Waals surface area contributed by atoms with Crippen molar-refractivity contribution in [3.63, 3.8) is 0 Å².